The molecular weight excluding hydrogens is 313 g/mol. The molecule has 0 amide bonds. The number of carbonyl (C=O) groups is 1. The summed E-state index contributed by atoms with van der Waals surface area (Å²) in [6.45, 7) is 0.270. The molecule has 5 nitrogen and oxygen atoms in total. The normalized spacial score (nSPS) is 9.88. The zero-order valence-electron chi connectivity index (χ0n) is 13.1. The van der Waals surface area contributed by atoms with Crippen LogP contribution in [0, 0.1) is 17.1 Å². The Labute approximate surface area is 139 Å². The maximum absolute atomic E-state index is 13.5. The van der Waals surface area contributed by atoms with E-state index in [1.165, 1.54) is 19.2 Å². The van der Waals surface area contributed by atoms with E-state index < -0.39 is 11.8 Å². The fraction of sp³-hybridized carbons (Fsp3) is 0.222. The summed E-state index contributed by atoms with van der Waals surface area (Å²) in [6, 6.07) is 12.9. The van der Waals surface area contributed by atoms with Gasteiger partial charge in [0.15, 0.2) is 11.6 Å². The predicted molar refractivity (Wildman–Crippen MR) is 84.3 cm³/mol. The number of hydrogen-bond donors (Lipinski definition) is 0. The Morgan fingerprint density at radius 3 is 2.54 bits per heavy atom. The van der Waals surface area contributed by atoms with E-state index in [1.54, 1.807) is 30.3 Å². The second kappa shape index (κ2) is 8.53. The highest BCUT2D eigenvalue weighted by molar-refractivity contribution is 5.72. The second-order valence-corrected chi connectivity index (χ2v) is 4.85. The van der Waals surface area contributed by atoms with E-state index in [0.717, 1.165) is 0 Å². The lowest BCUT2D eigenvalue weighted by molar-refractivity contribution is -0.143. The Balaban J connectivity index is 1.73. The van der Waals surface area contributed by atoms with Crippen LogP contribution in [0.4, 0.5) is 4.39 Å². The molecule has 0 spiro atoms. The lowest BCUT2D eigenvalue weighted by Gasteiger charge is -2.08. The summed E-state index contributed by atoms with van der Waals surface area (Å²) in [4.78, 5) is 11.7. The van der Waals surface area contributed by atoms with Gasteiger partial charge in [0.25, 0.3) is 0 Å². The molecule has 0 radical (unpaired) electrons. The van der Waals surface area contributed by atoms with Gasteiger partial charge in [-0.25, -0.2) is 4.39 Å². The van der Waals surface area contributed by atoms with Gasteiger partial charge in [-0.05, 0) is 42.0 Å². The van der Waals surface area contributed by atoms with E-state index in [2.05, 4.69) is 0 Å². The minimum Gasteiger partial charge on any atom is -0.494 e. The average molecular weight is 329 g/mol. The number of hydrogen-bond acceptors (Lipinski definition) is 5. The smallest absolute Gasteiger partial charge is 0.310 e. The van der Waals surface area contributed by atoms with E-state index >= 15 is 0 Å². The highest BCUT2D eigenvalue weighted by Crippen LogP contribution is 2.18. The number of nitrogens with zero attached hydrogens (tertiary/aromatic N) is 1. The van der Waals surface area contributed by atoms with Crippen molar-refractivity contribution in [3.63, 3.8) is 0 Å². The molecule has 0 saturated heterocycles. The predicted octanol–water partition coefficient (Wildman–Crippen LogP) is 2.87. The van der Waals surface area contributed by atoms with Crippen LogP contribution in [0.25, 0.3) is 0 Å². The number of methoxy groups -OCH3 is 1. The third-order valence-electron chi connectivity index (χ3n) is 3.16. The molecule has 2 aromatic rings. The lowest BCUT2D eigenvalue weighted by Crippen LogP contribution is -2.14. The van der Waals surface area contributed by atoms with Crippen LogP contribution in [0.1, 0.15) is 11.1 Å². The molecule has 0 aromatic heterocycles. The maximum atomic E-state index is 13.5. The molecule has 0 N–H and O–H groups in total. The van der Waals surface area contributed by atoms with Crippen LogP contribution in [0.5, 0.6) is 11.5 Å². The Morgan fingerprint density at radius 2 is 1.92 bits per heavy atom. The zero-order valence-corrected chi connectivity index (χ0v) is 13.1. The zero-order chi connectivity index (χ0) is 17.4. The molecule has 24 heavy (non-hydrogen) atoms. The van der Waals surface area contributed by atoms with Crippen LogP contribution in [-0.2, 0) is 16.0 Å². The van der Waals surface area contributed by atoms with Gasteiger partial charge in [0, 0.05) is 0 Å². The Kier molecular flexibility index (Phi) is 6.15. The Morgan fingerprint density at radius 1 is 1.17 bits per heavy atom. The van der Waals surface area contributed by atoms with Crippen molar-refractivity contribution < 1.29 is 23.4 Å². The quantitative estimate of drug-likeness (QED) is 0.577. The van der Waals surface area contributed by atoms with E-state index in [-0.39, 0.29) is 25.4 Å². The summed E-state index contributed by atoms with van der Waals surface area (Å²) in [5, 5.41) is 8.69. The summed E-state index contributed by atoms with van der Waals surface area (Å²) in [5.74, 6) is -0.278. The number of carbonyl (C=O) groups excluding carboxylic acids is 1. The van der Waals surface area contributed by atoms with E-state index in [1.807, 2.05) is 6.07 Å². The van der Waals surface area contributed by atoms with Crippen LogP contribution >= 0.6 is 0 Å². The van der Waals surface area contributed by atoms with Crippen molar-refractivity contribution in [3.8, 4) is 17.6 Å². The van der Waals surface area contributed by atoms with Gasteiger partial charge in [-0.3, -0.25) is 4.79 Å². The molecule has 2 aromatic carbocycles. The first kappa shape index (κ1) is 17.3. The molecule has 0 fully saturated rings. The van der Waals surface area contributed by atoms with Crippen LogP contribution in [-0.4, -0.2) is 26.3 Å². The molecule has 0 aliphatic carbocycles. The highest BCUT2D eigenvalue weighted by Gasteiger charge is 2.08. The topological polar surface area (TPSA) is 68.6 Å². The first-order chi connectivity index (χ1) is 11.6. The second-order valence-electron chi connectivity index (χ2n) is 4.85. The molecule has 6 heteroatoms. The van der Waals surface area contributed by atoms with Crippen molar-refractivity contribution in [2.45, 2.75) is 6.42 Å². The average Bonchev–Trinajstić information content (AvgIpc) is 2.59. The molecule has 0 bridgehead atoms. The van der Waals surface area contributed by atoms with Crippen molar-refractivity contribution in [1.29, 1.82) is 5.26 Å². The van der Waals surface area contributed by atoms with Crippen LogP contribution in [0.2, 0.25) is 0 Å². The highest BCUT2D eigenvalue weighted by atomic mass is 19.1. The Hall–Kier alpha value is -3.07. The summed E-state index contributed by atoms with van der Waals surface area (Å²) < 4.78 is 28.8. The van der Waals surface area contributed by atoms with Gasteiger partial charge in [0.2, 0.25) is 0 Å². The molecular formula is C18H16FNO4. The number of halogens is 1. The fourth-order valence-corrected chi connectivity index (χ4v) is 1.98. The molecule has 124 valence electrons. The van der Waals surface area contributed by atoms with Crippen molar-refractivity contribution >= 4 is 5.97 Å². The molecule has 0 aliphatic rings. The number of ether oxygens (including phenoxy) is 3. The van der Waals surface area contributed by atoms with Gasteiger partial charge in [-0.15, -0.1) is 0 Å². The van der Waals surface area contributed by atoms with Gasteiger partial charge < -0.3 is 14.2 Å². The first-order valence-corrected chi connectivity index (χ1v) is 7.23. The molecule has 0 atom stereocenters. The maximum Gasteiger partial charge on any atom is 0.310 e. The molecule has 0 saturated carbocycles. The third-order valence-corrected chi connectivity index (χ3v) is 3.16. The Bertz CT molecular complexity index is 738. The first-order valence-electron chi connectivity index (χ1n) is 7.23. The molecule has 0 unspecified atom stereocenters. The summed E-state index contributed by atoms with van der Waals surface area (Å²) in [7, 11) is 1.38. The standard InChI is InChI=1S/C18H16FNO4/c1-22-17-7-4-14(10-16(17)19)11-18(21)24-9-8-23-15-5-2-13(12-20)3-6-15/h2-7,10H,8-9,11H2,1H3. The summed E-state index contributed by atoms with van der Waals surface area (Å²) in [6.07, 6.45) is -0.0300. The largest absolute Gasteiger partial charge is 0.494 e. The molecule has 2 rings (SSSR count). The van der Waals surface area contributed by atoms with Crippen molar-refractivity contribution in [2.24, 2.45) is 0 Å². The van der Waals surface area contributed by atoms with Gasteiger partial charge in [0.05, 0.1) is 25.2 Å². The van der Waals surface area contributed by atoms with Crippen molar-refractivity contribution in [2.75, 3.05) is 20.3 Å². The number of rotatable bonds is 7. The SMILES string of the molecule is COc1ccc(CC(=O)OCCOc2ccc(C#N)cc2)cc1F. The van der Waals surface area contributed by atoms with Gasteiger partial charge in [0.1, 0.15) is 19.0 Å². The van der Waals surface area contributed by atoms with Crippen LogP contribution in [0.15, 0.2) is 42.5 Å². The summed E-state index contributed by atoms with van der Waals surface area (Å²) >= 11 is 0. The van der Waals surface area contributed by atoms with Gasteiger partial charge >= 0.3 is 5.97 Å². The number of nitriles is 1. The third kappa shape index (κ3) is 4.99. The lowest BCUT2D eigenvalue weighted by atomic mass is 10.1. The van der Waals surface area contributed by atoms with Crippen molar-refractivity contribution in [1.82, 2.24) is 0 Å². The van der Waals surface area contributed by atoms with E-state index in [0.29, 0.717) is 16.9 Å². The summed E-state index contributed by atoms with van der Waals surface area (Å²) in [5.41, 5.74) is 1.05. The number of esters is 1. The van der Waals surface area contributed by atoms with E-state index in [9.17, 15) is 9.18 Å². The van der Waals surface area contributed by atoms with Gasteiger partial charge in [-0.2, -0.15) is 5.26 Å². The van der Waals surface area contributed by atoms with Gasteiger partial charge in [-0.1, -0.05) is 6.07 Å². The molecule has 0 heterocycles. The van der Waals surface area contributed by atoms with Crippen LogP contribution in [0.3, 0.4) is 0 Å². The number of benzene rings is 2. The monoisotopic (exact) mass is 329 g/mol. The molecule has 0 aliphatic heterocycles. The van der Waals surface area contributed by atoms with Crippen LogP contribution < -0.4 is 9.47 Å². The minimum atomic E-state index is -0.521. The van der Waals surface area contributed by atoms with E-state index in [4.69, 9.17) is 19.5 Å². The minimum absolute atomic E-state index is 0.0300. The van der Waals surface area contributed by atoms with Crippen molar-refractivity contribution in [3.05, 3.63) is 59.4 Å². The fourth-order valence-electron chi connectivity index (χ4n) is 1.98.